The molecule has 2 aromatic heterocycles. The predicted molar refractivity (Wildman–Crippen MR) is 107 cm³/mol. The Morgan fingerprint density at radius 2 is 1.96 bits per heavy atom. The van der Waals surface area contributed by atoms with Crippen molar-refractivity contribution >= 4 is 37.4 Å². The van der Waals surface area contributed by atoms with Crippen molar-refractivity contribution in [1.29, 1.82) is 0 Å². The number of benzene rings is 2. The van der Waals surface area contributed by atoms with E-state index in [2.05, 4.69) is 14.7 Å². The minimum Gasteiger partial charge on any atom is -0.494 e. The van der Waals surface area contributed by atoms with E-state index in [4.69, 9.17) is 4.74 Å². The van der Waals surface area contributed by atoms with E-state index in [0.717, 1.165) is 27.0 Å². The fourth-order valence-corrected chi connectivity index (χ4v) is 4.60. The Bertz CT molecular complexity index is 1240. The van der Waals surface area contributed by atoms with Crippen molar-refractivity contribution in [3.63, 3.8) is 0 Å². The van der Waals surface area contributed by atoms with Gasteiger partial charge in [0.05, 0.1) is 12.0 Å². The van der Waals surface area contributed by atoms with Gasteiger partial charge in [0.25, 0.3) is 10.0 Å². The molecule has 4 rings (SSSR count). The standard InChI is InChI=1S/C19H14FN3O3S2/c1-26-17-8-7-14(11-15(17)20)28(24,25)23-13-5-2-4-12(10-13)18-22-16-6-3-9-21-19(16)27-18/h2-11,23H,1H3. The number of fused-ring (bicyclic) bond motifs is 1. The zero-order valence-corrected chi connectivity index (χ0v) is 16.2. The van der Waals surface area contributed by atoms with Crippen LogP contribution in [-0.4, -0.2) is 25.5 Å². The van der Waals surface area contributed by atoms with E-state index in [-0.39, 0.29) is 10.6 Å². The molecule has 0 atom stereocenters. The van der Waals surface area contributed by atoms with Gasteiger partial charge in [-0.05, 0) is 42.5 Å². The fourth-order valence-electron chi connectivity index (χ4n) is 2.64. The van der Waals surface area contributed by atoms with E-state index in [9.17, 15) is 12.8 Å². The number of methoxy groups -OCH3 is 1. The Hall–Kier alpha value is -3.04. The Labute approximate surface area is 164 Å². The summed E-state index contributed by atoms with van der Waals surface area (Å²) in [6.45, 7) is 0. The van der Waals surface area contributed by atoms with Gasteiger partial charge in [-0.1, -0.05) is 23.5 Å². The minimum absolute atomic E-state index is 0.0228. The number of hydrogen-bond acceptors (Lipinski definition) is 6. The number of hydrogen-bond donors (Lipinski definition) is 1. The van der Waals surface area contributed by atoms with Crippen LogP contribution in [0.5, 0.6) is 5.75 Å². The van der Waals surface area contributed by atoms with Crippen molar-refractivity contribution in [3.8, 4) is 16.3 Å². The SMILES string of the molecule is COc1ccc(S(=O)(=O)Nc2cccc(-c3nc4cccnc4s3)c2)cc1F. The third kappa shape index (κ3) is 3.54. The van der Waals surface area contributed by atoms with Crippen LogP contribution in [0.3, 0.4) is 0 Å². The van der Waals surface area contributed by atoms with Crippen LogP contribution in [0.15, 0.2) is 65.7 Å². The maximum Gasteiger partial charge on any atom is 0.262 e. The number of nitrogens with one attached hydrogen (secondary N) is 1. The Morgan fingerprint density at radius 1 is 1.11 bits per heavy atom. The largest absolute Gasteiger partial charge is 0.494 e. The van der Waals surface area contributed by atoms with Crippen LogP contribution >= 0.6 is 11.3 Å². The van der Waals surface area contributed by atoms with Crippen molar-refractivity contribution in [2.45, 2.75) is 4.90 Å². The number of anilines is 1. The second kappa shape index (κ2) is 7.17. The molecule has 0 aliphatic heterocycles. The molecular weight excluding hydrogens is 401 g/mol. The molecule has 9 heteroatoms. The molecule has 4 aromatic rings. The second-order valence-corrected chi connectivity index (χ2v) is 8.49. The van der Waals surface area contributed by atoms with Crippen LogP contribution in [-0.2, 0) is 10.0 Å². The van der Waals surface area contributed by atoms with E-state index in [1.54, 1.807) is 24.4 Å². The molecule has 0 amide bonds. The molecule has 0 unspecified atom stereocenters. The molecule has 0 bridgehead atoms. The number of halogens is 1. The smallest absolute Gasteiger partial charge is 0.262 e. The molecule has 0 aliphatic rings. The first-order chi connectivity index (χ1) is 13.5. The molecule has 0 saturated heterocycles. The Kier molecular flexibility index (Phi) is 4.70. The lowest BCUT2D eigenvalue weighted by Gasteiger charge is -2.10. The molecule has 142 valence electrons. The number of aromatic nitrogens is 2. The van der Waals surface area contributed by atoms with Gasteiger partial charge in [-0.3, -0.25) is 4.72 Å². The van der Waals surface area contributed by atoms with E-state index in [1.165, 1.54) is 30.6 Å². The van der Waals surface area contributed by atoms with E-state index >= 15 is 0 Å². The zero-order valence-electron chi connectivity index (χ0n) is 14.6. The lowest BCUT2D eigenvalue weighted by molar-refractivity contribution is 0.385. The van der Waals surface area contributed by atoms with Crippen LogP contribution in [0.1, 0.15) is 0 Å². The summed E-state index contributed by atoms with van der Waals surface area (Å²) in [5.74, 6) is -0.772. The minimum atomic E-state index is -3.96. The van der Waals surface area contributed by atoms with Gasteiger partial charge in [-0.15, -0.1) is 0 Å². The number of thiazole rings is 1. The maximum absolute atomic E-state index is 13.9. The predicted octanol–water partition coefficient (Wildman–Crippen LogP) is 4.31. The third-order valence-corrected chi connectivity index (χ3v) is 6.37. The van der Waals surface area contributed by atoms with Gasteiger partial charge in [0, 0.05) is 17.4 Å². The van der Waals surface area contributed by atoms with Gasteiger partial charge < -0.3 is 4.74 Å². The monoisotopic (exact) mass is 415 g/mol. The van der Waals surface area contributed by atoms with E-state index in [1.807, 2.05) is 18.2 Å². The molecule has 2 heterocycles. The van der Waals surface area contributed by atoms with Gasteiger partial charge in [-0.25, -0.2) is 22.8 Å². The Balaban J connectivity index is 1.65. The van der Waals surface area contributed by atoms with E-state index in [0.29, 0.717) is 5.69 Å². The highest BCUT2D eigenvalue weighted by atomic mass is 32.2. The highest BCUT2D eigenvalue weighted by Crippen LogP contribution is 2.31. The third-order valence-electron chi connectivity index (χ3n) is 3.96. The normalized spacial score (nSPS) is 11.5. The number of sulfonamides is 1. The zero-order chi connectivity index (χ0) is 19.7. The van der Waals surface area contributed by atoms with Crippen molar-refractivity contribution in [3.05, 3.63) is 66.6 Å². The molecule has 0 aliphatic carbocycles. The molecule has 0 saturated carbocycles. The van der Waals surface area contributed by atoms with Crippen LogP contribution in [0.4, 0.5) is 10.1 Å². The van der Waals surface area contributed by atoms with Gasteiger partial charge in [0.15, 0.2) is 11.6 Å². The first kappa shape index (κ1) is 18.3. The van der Waals surface area contributed by atoms with E-state index < -0.39 is 15.8 Å². The molecule has 28 heavy (non-hydrogen) atoms. The fraction of sp³-hybridized carbons (Fsp3) is 0.0526. The summed E-state index contributed by atoms with van der Waals surface area (Å²) in [5, 5.41) is 0.727. The van der Waals surface area contributed by atoms with Gasteiger partial charge in [0.1, 0.15) is 15.4 Å². The van der Waals surface area contributed by atoms with Crippen LogP contribution < -0.4 is 9.46 Å². The molecule has 6 nitrogen and oxygen atoms in total. The molecule has 2 aromatic carbocycles. The van der Waals surface area contributed by atoms with Gasteiger partial charge >= 0.3 is 0 Å². The summed E-state index contributed by atoms with van der Waals surface area (Å²) < 4.78 is 46.4. The number of pyridine rings is 1. The molecule has 1 N–H and O–H groups in total. The highest BCUT2D eigenvalue weighted by molar-refractivity contribution is 7.92. The van der Waals surface area contributed by atoms with Crippen molar-refractivity contribution in [1.82, 2.24) is 9.97 Å². The molecule has 0 fully saturated rings. The first-order valence-corrected chi connectivity index (χ1v) is 10.4. The maximum atomic E-state index is 13.9. The first-order valence-electron chi connectivity index (χ1n) is 8.14. The summed E-state index contributed by atoms with van der Waals surface area (Å²) in [6, 6.07) is 14.0. The number of nitrogens with zero attached hydrogens (tertiary/aromatic N) is 2. The average Bonchev–Trinajstić information content (AvgIpc) is 3.12. The van der Waals surface area contributed by atoms with Crippen molar-refractivity contribution in [2.24, 2.45) is 0 Å². The summed E-state index contributed by atoms with van der Waals surface area (Å²) in [6.07, 6.45) is 1.70. The highest BCUT2D eigenvalue weighted by Gasteiger charge is 2.17. The van der Waals surface area contributed by atoms with Crippen LogP contribution in [0, 0.1) is 5.82 Å². The lowest BCUT2D eigenvalue weighted by Crippen LogP contribution is -2.13. The van der Waals surface area contributed by atoms with Gasteiger partial charge in [0.2, 0.25) is 0 Å². The molecular formula is C19H14FN3O3S2. The molecule has 0 radical (unpaired) electrons. The topological polar surface area (TPSA) is 81.2 Å². The number of ether oxygens (including phenoxy) is 1. The number of rotatable bonds is 5. The molecule has 0 spiro atoms. The van der Waals surface area contributed by atoms with Crippen LogP contribution in [0.2, 0.25) is 0 Å². The van der Waals surface area contributed by atoms with Crippen molar-refractivity contribution < 1.29 is 17.5 Å². The van der Waals surface area contributed by atoms with Crippen LogP contribution in [0.25, 0.3) is 20.9 Å². The summed E-state index contributed by atoms with van der Waals surface area (Å²) in [7, 11) is -2.65. The van der Waals surface area contributed by atoms with Gasteiger partial charge in [-0.2, -0.15) is 0 Å². The summed E-state index contributed by atoms with van der Waals surface area (Å²) in [4.78, 5) is 9.40. The summed E-state index contributed by atoms with van der Waals surface area (Å²) in [5.41, 5.74) is 1.88. The Morgan fingerprint density at radius 3 is 2.71 bits per heavy atom. The second-order valence-electron chi connectivity index (χ2n) is 5.83. The lowest BCUT2D eigenvalue weighted by atomic mass is 10.2. The quantitative estimate of drug-likeness (QED) is 0.525. The summed E-state index contributed by atoms with van der Waals surface area (Å²) >= 11 is 1.42. The van der Waals surface area contributed by atoms with Crippen molar-refractivity contribution in [2.75, 3.05) is 11.8 Å². The average molecular weight is 415 g/mol.